The standard InChI is InChI=1S/C24H36N4O/c29-24(26-17-20-6-2-1-3-7-20)22-9-5-13-28(19-22)23-10-14-27(15-11-23)18-21-8-4-12-25-16-21/h4,6,8,12,16,22-23H,1-3,5,7,9-11,13-15,17-19H2,(H,26,29). The maximum absolute atomic E-state index is 12.7. The summed E-state index contributed by atoms with van der Waals surface area (Å²) in [7, 11) is 0. The van der Waals surface area contributed by atoms with Crippen molar-refractivity contribution in [3.8, 4) is 0 Å². The van der Waals surface area contributed by atoms with Gasteiger partial charge in [0.05, 0.1) is 5.92 Å². The molecule has 0 spiro atoms. The van der Waals surface area contributed by atoms with E-state index in [-0.39, 0.29) is 11.8 Å². The highest BCUT2D eigenvalue weighted by atomic mass is 16.1. The minimum Gasteiger partial charge on any atom is -0.352 e. The van der Waals surface area contributed by atoms with Crippen molar-refractivity contribution in [3.05, 3.63) is 41.7 Å². The second kappa shape index (κ2) is 10.4. The van der Waals surface area contributed by atoms with Crippen molar-refractivity contribution in [1.29, 1.82) is 0 Å². The van der Waals surface area contributed by atoms with Crippen LogP contribution in [0.1, 0.15) is 56.9 Å². The molecule has 0 saturated carbocycles. The molecule has 1 atom stereocenters. The molecule has 3 aliphatic rings. The van der Waals surface area contributed by atoms with Gasteiger partial charge in [-0.2, -0.15) is 0 Å². The Hall–Kier alpha value is -1.72. The largest absolute Gasteiger partial charge is 0.352 e. The van der Waals surface area contributed by atoms with E-state index < -0.39 is 0 Å². The van der Waals surface area contributed by atoms with Crippen molar-refractivity contribution in [1.82, 2.24) is 20.1 Å². The summed E-state index contributed by atoms with van der Waals surface area (Å²) < 4.78 is 0. The van der Waals surface area contributed by atoms with Gasteiger partial charge in [-0.25, -0.2) is 0 Å². The minimum atomic E-state index is 0.168. The van der Waals surface area contributed by atoms with Gasteiger partial charge < -0.3 is 5.32 Å². The van der Waals surface area contributed by atoms with Crippen LogP contribution in [-0.4, -0.2) is 59.5 Å². The van der Waals surface area contributed by atoms with Crippen LogP contribution in [0.15, 0.2) is 36.2 Å². The number of carbonyl (C=O) groups excluding carboxylic acids is 1. The van der Waals surface area contributed by atoms with Crippen LogP contribution in [0.2, 0.25) is 0 Å². The fourth-order valence-electron chi connectivity index (χ4n) is 5.15. The third-order valence-electron chi connectivity index (χ3n) is 6.90. The van der Waals surface area contributed by atoms with Crippen LogP contribution in [-0.2, 0) is 11.3 Å². The van der Waals surface area contributed by atoms with E-state index in [1.54, 1.807) is 0 Å². The van der Waals surface area contributed by atoms with E-state index in [0.29, 0.717) is 6.04 Å². The highest BCUT2D eigenvalue weighted by Gasteiger charge is 2.31. The maximum atomic E-state index is 12.7. The van der Waals surface area contributed by atoms with Crippen molar-refractivity contribution in [2.45, 2.75) is 64.0 Å². The Balaban J connectivity index is 1.21. The smallest absolute Gasteiger partial charge is 0.224 e. The zero-order valence-electron chi connectivity index (χ0n) is 17.7. The van der Waals surface area contributed by atoms with E-state index in [4.69, 9.17) is 0 Å². The van der Waals surface area contributed by atoms with Gasteiger partial charge in [-0.05, 0) is 82.6 Å². The summed E-state index contributed by atoms with van der Waals surface area (Å²) >= 11 is 0. The molecule has 5 nitrogen and oxygen atoms in total. The predicted octanol–water partition coefficient (Wildman–Crippen LogP) is 3.37. The molecule has 1 aromatic heterocycles. The quantitative estimate of drug-likeness (QED) is 0.749. The molecule has 3 heterocycles. The highest BCUT2D eigenvalue weighted by Crippen LogP contribution is 2.25. The lowest BCUT2D eigenvalue weighted by Crippen LogP contribution is -2.50. The van der Waals surface area contributed by atoms with Crippen LogP contribution in [0.4, 0.5) is 0 Å². The summed E-state index contributed by atoms with van der Waals surface area (Å²) in [6.45, 7) is 6.14. The molecular formula is C24H36N4O. The maximum Gasteiger partial charge on any atom is 0.224 e. The lowest BCUT2D eigenvalue weighted by molar-refractivity contribution is -0.127. The number of rotatable bonds is 6. The zero-order chi connectivity index (χ0) is 19.9. The molecular weight excluding hydrogens is 360 g/mol. The lowest BCUT2D eigenvalue weighted by atomic mass is 9.93. The van der Waals surface area contributed by atoms with Crippen molar-refractivity contribution in [2.24, 2.45) is 5.92 Å². The van der Waals surface area contributed by atoms with Gasteiger partial charge in [0, 0.05) is 38.1 Å². The average Bonchev–Trinajstić information content (AvgIpc) is 2.79. The van der Waals surface area contributed by atoms with Gasteiger partial charge in [-0.3, -0.25) is 19.6 Å². The molecule has 2 saturated heterocycles. The van der Waals surface area contributed by atoms with Crippen molar-refractivity contribution in [2.75, 3.05) is 32.7 Å². The monoisotopic (exact) mass is 396 g/mol. The van der Waals surface area contributed by atoms with Gasteiger partial charge in [0.1, 0.15) is 0 Å². The normalized spacial score (nSPS) is 24.8. The van der Waals surface area contributed by atoms with Gasteiger partial charge in [-0.1, -0.05) is 17.7 Å². The average molecular weight is 397 g/mol. The highest BCUT2D eigenvalue weighted by molar-refractivity contribution is 5.79. The Kier molecular flexibility index (Phi) is 7.33. The number of allylic oxidation sites excluding steroid dienone is 1. The first kappa shape index (κ1) is 20.5. The number of hydrogen-bond donors (Lipinski definition) is 1. The molecule has 1 unspecified atom stereocenters. The number of nitrogens with zero attached hydrogens (tertiary/aromatic N) is 3. The van der Waals surface area contributed by atoms with E-state index >= 15 is 0 Å². The van der Waals surface area contributed by atoms with E-state index in [1.165, 1.54) is 43.2 Å². The van der Waals surface area contributed by atoms with Crippen molar-refractivity contribution >= 4 is 5.91 Å². The molecule has 2 aliphatic heterocycles. The summed E-state index contributed by atoms with van der Waals surface area (Å²) in [6, 6.07) is 4.82. The first-order valence-electron chi connectivity index (χ1n) is 11.6. The first-order valence-corrected chi connectivity index (χ1v) is 11.6. The van der Waals surface area contributed by atoms with Crippen LogP contribution in [0.25, 0.3) is 0 Å². The van der Waals surface area contributed by atoms with E-state index in [1.807, 2.05) is 18.5 Å². The molecule has 5 heteroatoms. The summed E-state index contributed by atoms with van der Waals surface area (Å²) in [5, 5.41) is 3.23. The third-order valence-corrected chi connectivity index (χ3v) is 6.90. The second-order valence-electron chi connectivity index (χ2n) is 9.03. The third kappa shape index (κ3) is 5.89. The molecule has 1 amide bonds. The number of aromatic nitrogens is 1. The van der Waals surface area contributed by atoms with Gasteiger partial charge in [-0.15, -0.1) is 0 Å². The number of nitrogens with one attached hydrogen (secondary N) is 1. The van der Waals surface area contributed by atoms with E-state index in [0.717, 1.165) is 58.5 Å². The van der Waals surface area contributed by atoms with Gasteiger partial charge in [0.15, 0.2) is 0 Å². The molecule has 4 rings (SSSR count). The number of hydrogen-bond acceptors (Lipinski definition) is 4. The second-order valence-corrected chi connectivity index (χ2v) is 9.03. The number of amides is 1. The molecule has 0 aromatic carbocycles. The molecule has 158 valence electrons. The van der Waals surface area contributed by atoms with Gasteiger partial charge in [0.25, 0.3) is 0 Å². The first-order chi connectivity index (χ1) is 14.3. The molecule has 2 fully saturated rings. The summed E-state index contributed by atoms with van der Waals surface area (Å²) in [5.41, 5.74) is 2.73. The predicted molar refractivity (Wildman–Crippen MR) is 116 cm³/mol. The number of pyridine rings is 1. The zero-order valence-corrected chi connectivity index (χ0v) is 17.7. The van der Waals surface area contributed by atoms with Crippen LogP contribution >= 0.6 is 0 Å². The fraction of sp³-hybridized carbons (Fsp3) is 0.667. The number of piperidine rings is 2. The molecule has 0 radical (unpaired) electrons. The Labute approximate surface area is 175 Å². The number of carbonyl (C=O) groups is 1. The molecule has 1 aliphatic carbocycles. The Morgan fingerprint density at radius 2 is 2.03 bits per heavy atom. The topological polar surface area (TPSA) is 48.5 Å². The van der Waals surface area contributed by atoms with Gasteiger partial charge in [0.2, 0.25) is 5.91 Å². The lowest BCUT2D eigenvalue weighted by Gasteiger charge is -2.42. The SMILES string of the molecule is O=C(NCC1=CCCCC1)C1CCCN(C2CCN(Cc3cccnc3)CC2)C1. The van der Waals surface area contributed by atoms with E-state index in [9.17, 15) is 4.79 Å². The summed E-state index contributed by atoms with van der Waals surface area (Å²) in [5.74, 6) is 0.441. The fourth-order valence-corrected chi connectivity index (χ4v) is 5.15. The van der Waals surface area contributed by atoms with Crippen molar-refractivity contribution in [3.63, 3.8) is 0 Å². The van der Waals surface area contributed by atoms with Gasteiger partial charge >= 0.3 is 0 Å². The Morgan fingerprint density at radius 3 is 2.79 bits per heavy atom. The van der Waals surface area contributed by atoms with Crippen LogP contribution < -0.4 is 5.32 Å². The molecule has 1 aromatic rings. The number of likely N-dealkylation sites (tertiary alicyclic amines) is 2. The molecule has 29 heavy (non-hydrogen) atoms. The van der Waals surface area contributed by atoms with Crippen LogP contribution in [0.5, 0.6) is 0 Å². The Bertz CT molecular complexity index is 681. The molecule has 0 bridgehead atoms. The molecule has 1 N–H and O–H groups in total. The van der Waals surface area contributed by atoms with E-state index in [2.05, 4.69) is 32.2 Å². The van der Waals surface area contributed by atoms with Crippen LogP contribution in [0.3, 0.4) is 0 Å². The van der Waals surface area contributed by atoms with Crippen molar-refractivity contribution < 1.29 is 4.79 Å². The Morgan fingerprint density at radius 1 is 1.14 bits per heavy atom. The summed E-state index contributed by atoms with van der Waals surface area (Å²) in [4.78, 5) is 22.1. The van der Waals surface area contributed by atoms with Crippen LogP contribution in [0, 0.1) is 5.92 Å². The minimum absolute atomic E-state index is 0.168. The summed E-state index contributed by atoms with van der Waals surface area (Å²) in [6.07, 6.45) is 15.7.